The lowest BCUT2D eigenvalue weighted by molar-refractivity contribution is -0.122. The summed E-state index contributed by atoms with van der Waals surface area (Å²) in [6.45, 7) is 0.677. The van der Waals surface area contributed by atoms with Gasteiger partial charge in [-0.15, -0.1) is 0 Å². The molecule has 1 heterocycles. The molecule has 2 aromatic carbocycles. The summed E-state index contributed by atoms with van der Waals surface area (Å²) in [4.78, 5) is 12.0. The molecule has 1 amide bonds. The summed E-state index contributed by atoms with van der Waals surface area (Å²) in [5, 5.41) is 7.15. The Morgan fingerprint density at radius 1 is 1.04 bits per heavy atom. The zero-order valence-corrected chi connectivity index (χ0v) is 16.0. The molecule has 1 N–H and O–H groups in total. The van der Waals surface area contributed by atoms with Crippen LogP contribution in [0.1, 0.15) is 5.56 Å². The first-order chi connectivity index (χ1) is 12.8. The Morgan fingerprint density at radius 2 is 1.85 bits per heavy atom. The largest absolute Gasteiger partial charge is 0.483 e. The van der Waals surface area contributed by atoms with Crippen LogP contribution < -0.4 is 10.1 Å². The molecule has 0 aliphatic rings. The van der Waals surface area contributed by atoms with E-state index in [1.54, 1.807) is 11.3 Å². The van der Waals surface area contributed by atoms with Crippen molar-refractivity contribution in [2.24, 2.45) is 0 Å². The SMILES string of the molecule is O=C(COc1ccccc1-c1ccccc1)NCCSCc1ccsc1. The van der Waals surface area contributed by atoms with Gasteiger partial charge in [-0.1, -0.05) is 48.5 Å². The average molecular weight is 384 g/mol. The predicted octanol–water partition coefficient (Wildman–Crippen LogP) is 4.84. The number of carbonyl (C=O) groups is 1. The van der Waals surface area contributed by atoms with Gasteiger partial charge in [-0.3, -0.25) is 4.79 Å². The van der Waals surface area contributed by atoms with E-state index < -0.39 is 0 Å². The minimum atomic E-state index is -0.0935. The van der Waals surface area contributed by atoms with Crippen molar-refractivity contribution >= 4 is 29.0 Å². The number of hydrogen-bond donors (Lipinski definition) is 1. The van der Waals surface area contributed by atoms with E-state index in [0.717, 1.165) is 28.4 Å². The Morgan fingerprint density at radius 3 is 2.65 bits per heavy atom. The van der Waals surface area contributed by atoms with E-state index in [0.29, 0.717) is 6.54 Å². The second kappa shape index (κ2) is 10.0. The first kappa shape index (κ1) is 18.5. The van der Waals surface area contributed by atoms with Crippen LogP contribution in [-0.2, 0) is 10.5 Å². The van der Waals surface area contributed by atoms with Gasteiger partial charge in [0.1, 0.15) is 5.75 Å². The van der Waals surface area contributed by atoms with E-state index in [1.165, 1.54) is 5.56 Å². The molecule has 3 aromatic rings. The van der Waals surface area contributed by atoms with Gasteiger partial charge in [-0.25, -0.2) is 0 Å². The van der Waals surface area contributed by atoms with Gasteiger partial charge < -0.3 is 10.1 Å². The zero-order chi connectivity index (χ0) is 18.0. The first-order valence-corrected chi connectivity index (χ1v) is 10.6. The molecular weight excluding hydrogens is 362 g/mol. The van der Waals surface area contributed by atoms with E-state index >= 15 is 0 Å². The van der Waals surface area contributed by atoms with Gasteiger partial charge in [0.25, 0.3) is 5.91 Å². The van der Waals surface area contributed by atoms with Crippen molar-refractivity contribution in [2.75, 3.05) is 18.9 Å². The lowest BCUT2D eigenvalue weighted by Crippen LogP contribution is -2.30. The number of benzene rings is 2. The Kier molecular flexibility index (Phi) is 7.16. The van der Waals surface area contributed by atoms with Gasteiger partial charge in [0.15, 0.2) is 6.61 Å². The van der Waals surface area contributed by atoms with Crippen LogP contribution in [-0.4, -0.2) is 24.8 Å². The molecule has 0 fully saturated rings. The van der Waals surface area contributed by atoms with Crippen molar-refractivity contribution in [2.45, 2.75) is 5.75 Å². The Hall–Kier alpha value is -2.24. The van der Waals surface area contributed by atoms with Crippen LogP contribution in [0.5, 0.6) is 5.75 Å². The predicted molar refractivity (Wildman–Crippen MR) is 111 cm³/mol. The molecule has 0 spiro atoms. The Bertz CT molecular complexity index is 804. The third kappa shape index (κ3) is 5.64. The van der Waals surface area contributed by atoms with Crippen LogP contribution in [0.3, 0.4) is 0 Å². The molecular formula is C21H21NO2S2. The summed E-state index contributed by atoms with van der Waals surface area (Å²) in [6, 6.07) is 20.0. The van der Waals surface area contributed by atoms with Crippen LogP contribution in [0.25, 0.3) is 11.1 Å². The van der Waals surface area contributed by atoms with E-state index in [4.69, 9.17) is 4.74 Å². The normalized spacial score (nSPS) is 10.5. The molecule has 0 bridgehead atoms. The summed E-state index contributed by atoms with van der Waals surface area (Å²) in [6.07, 6.45) is 0. The molecule has 3 nitrogen and oxygen atoms in total. The van der Waals surface area contributed by atoms with E-state index in [2.05, 4.69) is 22.1 Å². The molecule has 0 saturated carbocycles. The maximum Gasteiger partial charge on any atom is 0.257 e. The number of thioether (sulfide) groups is 1. The van der Waals surface area contributed by atoms with E-state index in [9.17, 15) is 4.79 Å². The van der Waals surface area contributed by atoms with Gasteiger partial charge in [0, 0.05) is 23.6 Å². The van der Waals surface area contributed by atoms with Crippen molar-refractivity contribution < 1.29 is 9.53 Å². The summed E-state index contributed by atoms with van der Waals surface area (Å²) >= 11 is 3.53. The highest BCUT2D eigenvalue weighted by Crippen LogP contribution is 2.29. The molecule has 0 aliphatic carbocycles. The maximum atomic E-state index is 12.0. The minimum Gasteiger partial charge on any atom is -0.483 e. The molecule has 1 aromatic heterocycles. The molecule has 3 rings (SSSR count). The minimum absolute atomic E-state index is 0.0268. The molecule has 5 heteroatoms. The first-order valence-electron chi connectivity index (χ1n) is 8.46. The molecule has 0 radical (unpaired) electrons. The number of carbonyl (C=O) groups excluding carboxylic acids is 1. The van der Waals surface area contributed by atoms with Crippen LogP contribution >= 0.6 is 23.1 Å². The fraction of sp³-hybridized carbons (Fsp3) is 0.190. The summed E-state index contributed by atoms with van der Waals surface area (Å²) < 4.78 is 5.75. The third-order valence-electron chi connectivity index (χ3n) is 3.75. The van der Waals surface area contributed by atoms with E-state index in [1.807, 2.05) is 66.4 Å². The molecule has 26 heavy (non-hydrogen) atoms. The molecule has 134 valence electrons. The van der Waals surface area contributed by atoms with Crippen molar-refractivity contribution in [1.82, 2.24) is 5.32 Å². The highest BCUT2D eigenvalue weighted by molar-refractivity contribution is 7.98. The number of rotatable bonds is 9. The quantitative estimate of drug-likeness (QED) is 0.537. The fourth-order valence-corrected chi connectivity index (χ4v) is 4.05. The number of hydrogen-bond acceptors (Lipinski definition) is 4. The van der Waals surface area contributed by atoms with Crippen molar-refractivity contribution in [3.8, 4) is 16.9 Å². The summed E-state index contributed by atoms with van der Waals surface area (Å²) in [5.41, 5.74) is 3.41. The van der Waals surface area contributed by atoms with Crippen LogP contribution in [0.4, 0.5) is 0 Å². The van der Waals surface area contributed by atoms with Gasteiger partial charge in [-0.2, -0.15) is 23.1 Å². The van der Waals surface area contributed by atoms with Crippen molar-refractivity contribution in [3.63, 3.8) is 0 Å². The Balaban J connectivity index is 1.42. The second-order valence-electron chi connectivity index (χ2n) is 5.68. The van der Waals surface area contributed by atoms with Crippen molar-refractivity contribution in [1.29, 1.82) is 0 Å². The fourth-order valence-electron chi connectivity index (χ4n) is 2.47. The number of nitrogens with one attached hydrogen (secondary N) is 1. The molecule has 0 saturated heterocycles. The van der Waals surface area contributed by atoms with Gasteiger partial charge in [0.05, 0.1) is 0 Å². The number of ether oxygens (including phenoxy) is 1. The number of amides is 1. The second-order valence-corrected chi connectivity index (χ2v) is 7.57. The monoisotopic (exact) mass is 383 g/mol. The third-order valence-corrected chi connectivity index (χ3v) is 5.51. The smallest absolute Gasteiger partial charge is 0.257 e. The lowest BCUT2D eigenvalue weighted by Gasteiger charge is -2.11. The summed E-state index contributed by atoms with van der Waals surface area (Å²) in [5.74, 6) is 2.51. The van der Waals surface area contributed by atoms with E-state index in [-0.39, 0.29) is 12.5 Å². The molecule has 0 aliphatic heterocycles. The molecule has 0 atom stereocenters. The topological polar surface area (TPSA) is 38.3 Å². The van der Waals surface area contributed by atoms with Gasteiger partial charge in [-0.05, 0) is 34.0 Å². The average Bonchev–Trinajstić information content (AvgIpc) is 3.20. The standard InChI is InChI=1S/C21H21NO2S2/c23-21(22-11-13-26-16-17-10-12-25-15-17)14-24-20-9-5-4-8-19(20)18-6-2-1-3-7-18/h1-10,12,15H,11,13-14,16H2,(H,22,23). The summed E-state index contributed by atoms with van der Waals surface area (Å²) in [7, 11) is 0. The van der Waals surface area contributed by atoms with Crippen LogP contribution in [0.15, 0.2) is 71.4 Å². The highest BCUT2D eigenvalue weighted by Gasteiger charge is 2.08. The number of para-hydroxylation sites is 1. The van der Waals surface area contributed by atoms with Crippen LogP contribution in [0.2, 0.25) is 0 Å². The van der Waals surface area contributed by atoms with Gasteiger partial charge in [0.2, 0.25) is 0 Å². The van der Waals surface area contributed by atoms with Gasteiger partial charge >= 0.3 is 0 Å². The highest BCUT2D eigenvalue weighted by atomic mass is 32.2. The van der Waals surface area contributed by atoms with Crippen LogP contribution in [0, 0.1) is 0 Å². The van der Waals surface area contributed by atoms with Crippen molar-refractivity contribution in [3.05, 3.63) is 77.0 Å². The zero-order valence-electron chi connectivity index (χ0n) is 14.4. The lowest BCUT2D eigenvalue weighted by atomic mass is 10.1. The maximum absolute atomic E-state index is 12.0. The Labute approximate surface area is 162 Å². The molecule has 0 unspecified atom stereocenters. The number of thiophene rings is 1.